The van der Waals surface area contributed by atoms with Gasteiger partial charge in [0.1, 0.15) is 0 Å². The molecule has 0 fully saturated rings. The van der Waals surface area contributed by atoms with E-state index in [0.29, 0.717) is 6.54 Å². The molecule has 1 aromatic rings. The second-order valence-electron chi connectivity index (χ2n) is 4.13. The lowest BCUT2D eigenvalue weighted by Gasteiger charge is -2.10. The molecule has 0 aromatic heterocycles. The fourth-order valence-corrected chi connectivity index (χ4v) is 2.76. The number of thioether (sulfide) groups is 1. The Morgan fingerprint density at radius 2 is 2.19 bits per heavy atom. The quantitative estimate of drug-likeness (QED) is 0.781. The van der Waals surface area contributed by atoms with E-state index < -0.39 is 0 Å². The molecule has 16 heavy (non-hydrogen) atoms. The molecule has 0 radical (unpaired) electrons. The van der Waals surface area contributed by atoms with E-state index >= 15 is 0 Å². The molecule has 90 valence electrons. The highest BCUT2D eigenvalue weighted by Crippen LogP contribution is 2.29. The molecule has 0 aliphatic carbocycles. The van der Waals surface area contributed by atoms with Crippen LogP contribution in [0.1, 0.15) is 25.8 Å². The molecule has 0 bridgehead atoms. The van der Waals surface area contributed by atoms with Crippen LogP contribution < -0.4 is 5.73 Å². The van der Waals surface area contributed by atoms with Crippen molar-refractivity contribution in [1.29, 1.82) is 0 Å². The number of halogens is 1. The van der Waals surface area contributed by atoms with Gasteiger partial charge in [0.25, 0.3) is 0 Å². The minimum atomic E-state index is 0.676. The zero-order chi connectivity index (χ0) is 12.0. The van der Waals surface area contributed by atoms with Crippen molar-refractivity contribution in [3.05, 3.63) is 28.8 Å². The standard InChI is InChI=1S/C13H20ClNS/c1-3-10(2)9-16-13-5-4-11(6-7-15)8-12(13)14/h4-5,8,10H,3,6-7,9,15H2,1-2H3. The third kappa shape index (κ3) is 4.36. The average Bonchev–Trinajstić information content (AvgIpc) is 2.28. The number of hydrogen-bond acceptors (Lipinski definition) is 2. The smallest absolute Gasteiger partial charge is 0.0544 e. The van der Waals surface area contributed by atoms with E-state index in [9.17, 15) is 0 Å². The van der Waals surface area contributed by atoms with Gasteiger partial charge in [0, 0.05) is 10.6 Å². The van der Waals surface area contributed by atoms with E-state index in [-0.39, 0.29) is 0 Å². The van der Waals surface area contributed by atoms with Crippen LogP contribution in [0.25, 0.3) is 0 Å². The molecule has 2 N–H and O–H groups in total. The molecule has 1 unspecified atom stereocenters. The van der Waals surface area contributed by atoms with E-state index in [0.717, 1.165) is 23.1 Å². The SMILES string of the molecule is CCC(C)CSc1ccc(CCN)cc1Cl. The molecule has 0 aliphatic heterocycles. The van der Waals surface area contributed by atoms with Gasteiger partial charge in [-0.25, -0.2) is 0 Å². The van der Waals surface area contributed by atoms with Crippen molar-refractivity contribution in [2.24, 2.45) is 11.7 Å². The molecule has 0 amide bonds. The fraction of sp³-hybridized carbons (Fsp3) is 0.538. The Bertz CT molecular complexity index is 328. The van der Waals surface area contributed by atoms with Gasteiger partial charge in [0.05, 0.1) is 5.02 Å². The van der Waals surface area contributed by atoms with Crippen LogP contribution in [0.2, 0.25) is 5.02 Å². The number of hydrogen-bond donors (Lipinski definition) is 1. The summed E-state index contributed by atoms with van der Waals surface area (Å²) >= 11 is 8.07. The van der Waals surface area contributed by atoms with Gasteiger partial charge < -0.3 is 5.73 Å². The van der Waals surface area contributed by atoms with Crippen LogP contribution in [0.4, 0.5) is 0 Å². The third-order valence-electron chi connectivity index (χ3n) is 2.65. The van der Waals surface area contributed by atoms with Gasteiger partial charge in [-0.15, -0.1) is 11.8 Å². The lowest BCUT2D eigenvalue weighted by Crippen LogP contribution is -2.02. The van der Waals surface area contributed by atoms with Crippen LogP contribution in [0.3, 0.4) is 0 Å². The molecule has 0 heterocycles. The van der Waals surface area contributed by atoms with Gasteiger partial charge >= 0.3 is 0 Å². The van der Waals surface area contributed by atoms with E-state index in [2.05, 4.69) is 26.0 Å². The zero-order valence-corrected chi connectivity index (χ0v) is 11.6. The first kappa shape index (κ1) is 13.9. The zero-order valence-electron chi connectivity index (χ0n) is 10.0. The monoisotopic (exact) mass is 257 g/mol. The molecule has 1 nitrogen and oxygen atoms in total. The van der Waals surface area contributed by atoms with Gasteiger partial charge in [-0.2, -0.15) is 0 Å². The molecule has 1 atom stereocenters. The van der Waals surface area contributed by atoms with Crippen molar-refractivity contribution >= 4 is 23.4 Å². The molecular formula is C13H20ClNS. The molecular weight excluding hydrogens is 238 g/mol. The van der Waals surface area contributed by atoms with Crippen LogP contribution in [0, 0.1) is 5.92 Å². The Labute approximate surface area is 108 Å². The molecule has 3 heteroatoms. The molecule has 0 saturated carbocycles. The third-order valence-corrected chi connectivity index (χ3v) is 4.48. The van der Waals surface area contributed by atoms with Crippen molar-refractivity contribution < 1.29 is 0 Å². The summed E-state index contributed by atoms with van der Waals surface area (Å²) in [6.07, 6.45) is 2.12. The Hall–Kier alpha value is -0.180. The van der Waals surface area contributed by atoms with Gasteiger partial charge in [-0.3, -0.25) is 0 Å². The molecule has 1 aromatic carbocycles. The Balaban J connectivity index is 2.60. The Kier molecular flexibility index (Phi) is 6.25. The predicted octanol–water partition coefficient (Wildman–Crippen LogP) is 3.98. The van der Waals surface area contributed by atoms with Crippen molar-refractivity contribution in [3.63, 3.8) is 0 Å². The van der Waals surface area contributed by atoms with E-state index in [1.807, 2.05) is 17.8 Å². The van der Waals surface area contributed by atoms with Crippen molar-refractivity contribution in [2.45, 2.75) is 31.6 Å². The number of nitrogens with two attached hydrogens (primary N) is 1. The molecule has 1 rings (SSSR count). The Morgan fingerprint density at radius 1 is 1.44 bits per heavy atom. The second kappa shape index (κ2) is 7.21. The topological polar surface area (TPSA) is 26.0 Å². The van der Waals surface area contributed by atoms with Crippen molar-refractivity contribution in [1.82, 2.24) is 0 Å². The maximum absolute atomic E-state index is 6.23. The van der Waals surface area contributed by atoms with Crippen LogP contribution in [-0.4, -0.2) is 12.3 Å². The first-order valence-corrected chi connectivity index (χ1v) is 7.15. The lowest BCUT2D eigenvalue weighted by atomic mass is 10.1. The Morgan fingerprint density at radius 3 is 2.75 bits per heavy atom. The van der Waals surface area contributed by atoms with Crippen molar-refractivity contribution in [2.75, 3.05) is 12.3 Å². The van der Waals surface area contributed by atoms with Gasteiger partial charge in [0.2, 0.25) is 0 Å². The number of rotatable bonds is 6. The highest BCUT2D eigenvalue weighted by molar-refractivity contribution is 7.99. The van der Waals surface area contributed by atoms with Gasteiger partial charge in [-0.05, 0) is 36.6 Å². The first-order chi connectivity index (χ1) is 7.67. The maximum Gasteiger partial charge on any atom is 0.0544 e. The molecule has 0 aliphatic rings. The number of benzene rings is 1. The second-order valence-corrected chi connectivity index (χ2v) is 5.60. The fourth-order valence-electron chi connectivity index (χ4n) is 1.33. The highest BCUT2D eigenvalue weighted by atomic mass is 35.5. The first-order valence-electron chi connectivity index (χ1n) is 5.78. The van der Waals surface area contributed by atoms with Crippen LogP contribution in [0.5, 0.6) is 0 Å². The summed E-state index contributed by atoms with van der Waals surface area (Å²) in [6.45, 7) is 5.16. The minimum Gasteiger partial charge on any atom is -0.330 e. The summed E-state index contributed by atoms with van der Waals surface area (Å²) in [5.74, 6) is 1.87. The van der Waals surface area contributed by atoms with Gasteiger partial charge in [-0.1, -0.05) is 37.9 Å². The minimum absolute atomic E-state index is 0.676. The summed E-state index contributed by atoms with van der Waals surface area (Å²) in [4.78, 5) is 1.18. The normalized spacial score (nSPS) is 12.8. The summed E-state index contributed by atoms with van der Waals surface area (Å²) in [7, 11) is 0. The summed E-state index contributed by atoms with van der Waals surface area (Å²) in [5, 5.41) is 0.860. The largest absolute Gasteiger partial charge is 0.330 e. The van der Waals surface area contributed by atoms with E-state index in [4.69, 9.17) is 17.3 Å². The lowest BCUT2D eigenvalue weighted by molar-refractivity contribution is 0.637. The van der Waals surface area contributed by atoms with Crippen LogP contribution in [-0.2, 0) is 6.42 Å². The maximum atomic E-state index is 6.23. The summed E-state index contributed by atoms with van der Waals surface area (Å²) < 4.78 is 0. The summed E-state index contributed by atoms with van der Waals surface area (Å²) in [5.41, 5.74) is 6.74. The van der Waals surface area contributed by atoms with Crippen LogP contribution in [0.15, 0.2) is 23.1 Å². The highest BCUT2D eigenvalue weighted by Gasteiger charge is 2.05. The average molecular weight is 258 g/mol. The summed E-state index contributed by atoms with van der Waals surface area (Å²) in [6, 6.07) is 6.27. The molecule has 0 spiro atoms. The van der Waals surface area contributed by atoms with Gasteiger partial charge in [0.15, 0.2) is 0 Å². The van der Waals surface area contributed by atoms with E-state index in [1.54, 1.807) is 0 Å². The molecule has 0 saturated heterocycles. The van der Waals surface area contributed by atoms with Crippen LogP contribution >= 0.6 is 23.4 Å². The predicted molar refractivity (Wildman–Crippen MR) is 74.4 cm³/mol. The van der Waals surface area contributed by atoms with Crippen molar-refractivity contribution in [3.8, 4) is 0 Å². The van der Waals surface area contributed by atoms with E-state index in [1.165, 1.54) is 16.9 Å².